The van der Waals surface area contributed by atoms with Crippen molar-refractivity contribution < 1.29 is 8.42 Å². The molecule has 0 radical (unpaired) electrons. The molecule has 16 heavy (non-hydrogen) atoms. The van der Waals surface area contributed by atoms with E-state index in [2.05, 4.69) is 0 Å². The van der Waals surface area contributed by atoms with Crippen molar-refractivity contribution in [3.8, 4) is 0 Å². The van der Waals surface area contributed by atoms with Crippen LogP contribution in [0.5, 0.6) is 0 Å². The zero-order valence-corrected chi connectivity index (χ0v) is 11.3. The summed E-state index contributed by atoms with van der Waals surface area (Å²) in [6.45, 7) is 0. The van der Waals surface area contributed by atoms with E-state index in [4.69, 9.17) is 5.73 Å². The van der Waals surface area contributed by atoms with E-state index in [-0.39, 0.29) is 17.7 Å². The van der Waals surface area contributed by atoms with Gasteiger partial charge in [-0.05, 0) is 25.7 Å². The predicted molar refractivity (Wildman–Crippen MR) is 68.7 cm³/mol. The van der Waals surface area contributed by atoms with Crippen LogP contribution in [0.3, 0.4) is 0 Å². The van der Waals surface area contributed by atoms with Crippen LogP contribution in [-0.4, -0.2) is 25.0 Å². The lowest BCUT2D eigenvalue weighted by molar-refractivity contribution is 0.268. The molecule has 0 spiro atoms. The Kier molecular flexibility index (Phi) is 4.66. The highest BCUT2D eigenvalue weighted by molar-refractivity contribution is 7.92. The van der Waals surface area contributed by atoms with Gasteiger partial charge in [0.15, 0.2) is 9.84 Å². The van der Waals surface area contributed by atoms with Crippen LogP contribution in [0.25, 0.3) is 0 Å². The Morgan fingerprint density at radius 1 is 1.00 bits per heavy atom. The number of sulfone groups is 1. The highest BCUT2D eigenvalue weighted by Gasteiger charge is 2.44. The molecule has 1 aliphatic carbocycles. The third kappa shape index (κ3) is 2.71. The third-order valence-corrected chi connectivity index (χ3v) is 6.43. The first kappa shape index (κ1) is 14.3. The van der Waals surface area contributed by atoms with Crippen molar-refractivity contribution >= 4 is 22.2 Å². The quantitative estimate of drug-likeness (QED) is 0.791. The number of hydrogen-bond acceptors (Lipinski definition) is 3. The van der Waals surface area contributed by atoms with Crippen molar-refractivity contribution in [3.05, 3.63) is 0 Å². The van der Waals surface area contributed by atoms with Gasteiger partial charge in [0, 0.05) is 5.54 Å². The van der Waals surface area contributed by atoms with Gasteiger partial charge < -0.3 is 5.73 Å². The van der Waals surface area contributed by atoms with Crippen molar-refractivity contribution in [2.75, 3.05) is 5.75 Å². The molecule has 2 rings (SSSR count). The molecule has 1 heterocycles. The maximum atomic E-state index is 12.0. The molecule has 96 valence electrons. The number of nitrogens with two attached hydrogens (primary N) is 1. The lowest BCUT2D eigenvalue weighted by Crippen LogP contribution is -2.56. The SMILES string of the molecule is Cl.NC1([C@@H]2CCCCS2(=O)=O)CCCCC1. The standard InChI is InChI=1S/C11H21NO2S.ClH/c12-11(7-3-1-4-8-11)10-6-2-5-9-15(10,13)14;/h10H,1-9,12H2;1H/t10-;/m0./s1. The molecule has 5 heteroatoms. The van der Waals surface area contributed by atoms with Crippen molar-refractivity contribution in [1.29, 1.82) is 0 Å². The molecule has 2 N–H and O–H groups in total. The van der Waals surface area contributed by atoms with Gasteiger partial charge in [-0.1, -0.05) is 25.7 Å². The van der Waals surface area contributed by atoms with E-state index in [1.807, 2.05) is 0 Å². The minimum absolute atomic E-state index is 0. The molecule has 2 aliphatic rings. The molecule has 0 amide bonds. The zero-order valence-electron chi connectivity index (χ0n) is 9.65. The molecular weight excluding hydrogens is 246 g/mol. The average Bonchev–Trinajstić information content (AvgIpc) is 2.17. The van der Waals surface area contributed by atoms with Gasteiger partial charge in [0.05, 0.1) is 11.0 Å². The van der Waals surface area contributed by atoms with Crippen LogP contribution in [-0.2, 0) is 9.84 Å². The summed E-state index contributed by atoms with van der Waals surface area (Å²) in [7, 11) is -2.91. The summed E-state index contributed by atoms with van der Waals surface area (Å²) in [6, 6.07) is 0. The summed E-state index contributed by atoms with van der Waals surface area (Å²) < 4.78 is 24.0. The Morgan fingerprint density at radius 2 is 1.62 bits per heavy atom. The van der Waals surface area contributed by atoms with Crippen LogP contribution in [0.2, 0.25) is 0 Å². The van der Waals surface area contributed by atoms with E-state index in [9.17, 15) is 8.42 Å². The van der Waals surface area contributed by atoms with Crippen molar-refractivity contribution in [1.82, 2.24) is 0 Å². The second-order valence-electron chi connectivity index (χ2n) is 5.15. The summed E-state index contributed by atoms with van der Waals surface area (Å²) in [5.41, 5.74) is 5.92. The van der Waals surface area contributed by atoms with E-state index < -0.39 is 15.4 Å². The van der Waals surface area contributed by atoms with Crippen LogP contribution in [0.1, 0.15) is 51.4 Å². The lowest BCUT2D eigenvalue weighted by atomic mass is 9.78. The van der Waals surface area contributed by atoms with Crippen LogP contribution < -0.4 is 5.73 Å². The minimum atomic E-state index is -2.91. The predicted octanol–water partition coefficient (Wildman–Crippen LogP) is 2.04. The fraction of sp³-hybridized carbons (Fsp3) is 1.00. The highest BCUT2D eigenvalue weighted by Crippen LogP contribution is 2.36. The third-order valence-electron chi connectivity index (χ3n) is 4.00. The molecule has 1 atom stereocenters. The first-order valence-electron chi connectivity index (χ1n) is 6.05. The van der Waals surface area contributed by atoms with Crippen molar-refractivity contribution in [2.24, 2.45) is 5.73 Å². The topological polar surface area (TPSA) is 60.2 Å². The Bertz CT molecular complexity index is 323. The molecule has 2 fully saturated rings. The lowest BCUT2D eigenvalue weighted by Gasteiger charge is -2.41. The molecule has 0 aromatic carbocycles. The van der Waals surface area contributed by atoms with Crippen LogP contribution >= 0.6 is 12.4 Å². The second-order valence-corrected chi connectivity index (χ2v) is 7.45. The van der Waals surface area contributed by atoms with Crippen molar-refractivity contribution in [3.63, 3.8) is 0 Å². The van der Waals surface area contributed by atoms with E-state index in [0.717, 1.165) is 44.9 Å². The smallest absolute Gasteiger partial charge is 0.154 e. The average molecular weight is 268 g/mol. The Hall–Kier alpha value is 0.200. The molecule has 3 nitrogen and oxygen atoms in total. The highest BCUT2D eigenvalue weighted by atomic mass is 35.5. The molecule has 1 aliphatic heterocycles. The fourth-order valence-corrected chi connectivity index (χ4v) is 5.50. The summed E-state index contributed by atoms with van der Waals surface area (Å²) in [6.07, 6.45) is 7.86. The maximum absolute atomic E-state index is 12.0. The molecule has 0 aromatic heterocycles. The van der Waals surface area contributed by atoms with Gasteiger partial charge in [-0.25, -0.2) is 8.42 Å². The summed E-state index contributed by atoms with van der Waals surface area (Å²) in [5.74, 6) is 0.358. The van der Waals surface area contributed by atoms with E-state index in [1.54, 1.807) is 0 Å². The van der Waals surface area contributed by atoms with Gasteiger partial charge in [0.2, 0.25) is 0 Å². The summed E-state index contributed by atoms with van der Waals surface area (Å²) in [4.78, 5) is 0. The van der Waals surface area contributed by atoms with Gasteiger partial charge in [0.25, 0.3) is 0 Å². The van der Waals surface area contributed by atoms with Gasteiger partial charge >= 0.3 is 0 Å². The summed E-state index contributed by atoms with van der Waals surface area (Å²) >= 11 is 0. The zero-order chi connectivity index (χ0) is 10.9. The maximum Gasteiger partial charge on any atom is 0.154 e. The molecule has 1 saturated carbocycles. The molecule has 0 bridgehead atoms. The van der Waals surface area contributed by atoms with Crippen molar-refractivity contribution in [2.45, 2.75) is 62.2 Å². The van der Waals surface area contributed by atoms with E-state index in [0.29, 0.717) is 5.75 Å². The Balaban J connectivity index is 0.00000128. The van der Waals surface area contributed by atoms with Crippen LogP contribution in [0.4, 0.5) is 0 Å². The number of rotatable bonds is 1. The van der Waals surface area contributed by atoms with Gasteiger partial charge in [0.1, 0.15) is 0 Å². The van der Waals surface area contributed by atoms with E-state index >= 15 is 0 Å². The first-order valence-corrected chi connectivity index (χ1v) is 7.77. The van der Waals surface area contributed by atoms with E-state index in [1.165, 1.54) is 6.42 Å². The summed E-state index contributed by atoms with van der Waals surface area (Å²) in [5, 5.41) is -0.251. The van der Waals surface area contributed by atoms with Gasteiger partial charge in [-0.15, -0.1) is 12.4 Å². The molecular formula is C11H22ClNO2S. The number of hydrogen-bond donors (Lipinski definition) is 1. The van der Waals surface area contributed by atoms with Crippen LogP contribution in [0.15, 0.2) is 0 Å². The monoisotopic (exact) mass is 267 g/mol. The van der Waals surface area contributed by atoms with Gasteiger partial charge in [-0.2, -0.15) is 0 Å². The van der Waals surface area contributed by atoms with Crippen LogP contribution in [0, 0.1) is 0 Å². The second kappa shape index (κ2) is 5.23. The fourth-order valence-electron chi connectivity index (χ4n) is 3.13. The molecule has 0 aromatic rings. The molecule has 1 saturated heterocycles. The number of halogens is 1. The first-order chi connectivity index (χ1) is 7.05. The Morgan fingerprint density at radius 3 is 2.19 bits per heavy atom. The van der Waals surface area contributed by atoms with Gasteiger partial charge in [-0.3, -0.25) is 0 Å². The normalized spacial score (nSPS) is 32.7. The Labute approximate surface area is 104 Å². The largest absolute Gasteiger partial charge is 0.324 e. The molecule has 0 unspecified atom stereocenters. The minimum Gasteiger partial charge on any atom is -0.324 e.